The summed E-state index contributed by atoms with van der Waals surface area (Å²) in [6.07, 6.45) is 4.28. The third-order valence-electron chi connectivity index (χ3n) is 3.39. The molecule has 1 aliphatic heterocycles. The third-order valence-corrected chi connectivity index (χ3v) is 3.81. The number of aliphatic imine (C=N–C) groups is 1. The van der Waals surface area contributed by atoms with Gasteiger partial charge in [0.15, 0.2) is 0 Å². The van der Waals surface area contributed by atoms with E-state index in [0.29, 0.717) is 0 Å². The van der Waals surface area contributed by atoms with Crippen LogP contribution in [0.1, 0.15) is 19.3 Å². The van der Waals surface area contributed by atoms with Gasteiger partial charge in [-0.2, -0.15) is 4.99 Å². The van der Waals surface area contributed by atoms with Gasteiger partial charge in [-0.25, -0.2) is 23.3 Å². The highest BCUT2D eigenvalue weighted by Gasteiger charge is 2.22. The standard InChI is InChI=1S/C14H23N7O2S.ClH/c1-24(22,23)19-18-13(15)17-14(16)21(12-8-4-2-5-9-12)20-10-6-3-7-11-20;/h2,4-5,8-9,19H,3,6-7,10-11H2,1H3,(H4,15,16,17,18);1H. The summed E-state index contributed by atoms with van der Waals surface area (Å²) in [7, 11) is -3.50. The maximum Gasteiger partial charge on any atom is 0.244 e. The molecule has 1 aromatic carbocycles. The lowest BCUT2D eigenvalue weighted by molar-refractivity contribution is 0.236. The molecular weight excluding hydrogens is 366 g/mol. The number of hydrazine groups is 1. The molecule has 25 heavy (non-hydrogen) atoms. The molecule has 9 nitrogen and oxygen atoms in total. The maximum absolute atomic E-state index is 11.1. The summed E-state index contributed by atoms with van der Waals surface area (Å²) in [6.45, 7) is 1.70. The van der Waals surface area contributed by atoms with E-state index in [1.165, 1.54) is 6.42 Å². The second kappa shape index (κ2) is 9.44. The number of para-hydroxylation sites is 1. The number of guanidine groups is 2. The molecule has 5 N–H and O–H groups in total. The summed E-state index contributed by atoms with van der Waals surface area (Å²) >= 11 is 0. The van der Waals surface area contributed by atoms with E-state index in [9.17, 15) is 8.42 Å². The van der Waals surface area contributed by atoms with Gasteiger partial charge in [-0.05, 0) is 25.0 Å². The second-order valence-electron chi connectivity index (χ2n) is 5.47. The minimum absolute atomic E-state index is 0. The van der Waals surface area contributed by atoms with E-state index in [0.717, 1.165) is 37.9 Å². The summed E-state index contributed by atoms with van der Waals surface area (Å²) in [5.74, 6) is -0.143. The van der Waals surface area contributed by atoms with E-state index in [2.05, 4.69) is 15.1 Å². The van der Waals surface area contributed by atoms with Crippen molar-refractivity contribution in [2.75, 3.05) is 24.4 Å². The number of hydrogen-bond acceptors (Lipinski definition) is 4. The quantitative estimate of drug-likeness (QED) is 0.388. The second-order valence-corrected chi connectivity index (χ2v) is 7.19. The van der Waals surface area contributed by atoms with Crippen molar-refractivity contribution >= 4 is 40.0 Å². The smallest absolute Gasteiger partial charge is 0.244 e. The number of hydrazone groups is 1. The molecule has 1 saturated heterocycles. The van der Waals surface area contributed by atoms with Gasteiger partial charge in [0.05, 0.1) is 11.9 Å². The lowest BCUT2D eigenvalue weighted by Gasteiger charge is -2.37. The Hall–Kier alpha value is -2.04. The molecule has 0 spiro atoms. The van der Waals surface area contributed by atoms with Crippen molar-refractivity contribution in [2.45, 2.75) is 19.3 Å². The molecule has 1 aromatic rings. The first-order valence-corrected chi connectivity index (χ1v) is 9.50. The van der Waals surface area contributed by atoms with Crippen molar-refractivity contribution < 1.29 is 8.42 Å². The summed E-state index contributed by atoms with van der Waals surface area (Å²) in [5.41, 5.74) is 12.6. The average molecular weight is 390 g/mol. The van der Waals surface area contributed by atoms with Crippen molar-refractivity contribution in [3.63, 3.8) is 0 Å². The van der Waals surface area contributed by atoms with Crippen LogP contribution in [0.5, 0.6) is 0 Å². The Morgan fingerprint density at radius 1 is 1.16 bits per heavy atom. The predicted octanol–water partition coefficient (Wildman–Crippen LogP) is 0.409. The first-order chi connectivity index (χ1) is 11.4. The Balaban J connectivity index is 0.00000312. The van der Waals surface area contributed by atoms with Gasteiger partial charge in [-0.1, -0.05) is 24.6 Å². The van der Waals surface area contributed by atoms with Gasteiger partial charge in [-0.3, -0.25) is 0 Å². The first-order valence-electron chi connectivity index (χ1n) is 7.61. The number of halogens is 1. The van der Waals surface area contributed by atoms with Gasteiger partial charge >= 0.3 is 0 Å². The molecule has 1 fully saturated rings. The number of nitrogens with two attached hydrogens (primary N) is 2. The molecule has 1 aliphatic rings. The SMILES string of the molecule is CS(=O)(=O)NN=C(N)N=C(N)N(c1ccccc1)N1CCCCC1.Cl. The summed E-state index contributed by atoms with van der Waals surface area (Å²) in [4.78, 5) is 5.94. The highest BCUT2D eigenvalue weighted by atomic mass is 35.5. The summed E-state index contributed by atoms with van der Waals surface area (Å²) in [5, 5.41) is 7.37. The topological polar surface area (TPSA) is 129 Å². The zero-order valence-corrected chi connectivity index (χ0v) is 15.6. The minimum atomic E-state index is -3.50. The molecule has 0 amide bonds. The monoisotopic (exact) mass is 389 g/mol. The fraction of sp³-hybridized carbons (Fsp3) is 0.429. The zero-order valence-electron chi connectivity index (χ0n) is 14.0. The normalized spacial score (nSPS) is 16.8. The van der Waals surface area contributed by atoms with Crippen LogP contribution in [0.15, 0.2) is 40.4 Å². The molecule has 11 heteroatoms. The number of piperidine rings is 1. The van der Waals surface area contributed by atoms with Crippen LogP contribution in [-0.2, 0) is 10.0 Å². The zero-order chi connectivity index (χ0) is 17.6. The molecule has 140 valence electrons. The van der Waals surface area contributed by atoms with Gasteiger partial charge < -0.3 is 11.5 Å². The van der Waals surface area contributed by atoms with E-state index >= 15 is 0 Å². The van der Waals surface area contributed by atoms with Crippen LogP contribution in [0.3, 0.4) is 0 Å². The van der Waals surface area contributed by atoms with Crippen molar-refractivity contribution in [3.05, 3.63) is 30.3 Å². The van der Waals surface area contributed by atoms with Gasteiger partial charge in [0.25, 0.3) is 0 Å². The number of rotatable bonds is 4. The molecule has 0 aliphatic carbocycles. The third kappa shape index (κ3) is 6.77. The lowest BCUT2D eigenvalue weighted by Crippen LogP contribution is -2.52. The Morgan fingerprint density at radius 3 is 2.32 bits per heavy atom. The predicted molar refractivity (Wildman–Crippen MR) is 103 cm³/mol. The highest BCUT2D eigenvalue weighted by Crippen LogP contribution is 2.19. The van der Waals surface area contributed by atoms with Gasteiger partial charge in [-0.15, -0.1) is 17.5 Å². The van der Waals surface area contributed by atoms with Gasteiger partial charge in [0.2, 0.25) is 21.9 Å². The summed E-state index contributed by atoms with van der Waals surface area (Å²) < 4.78 is 22.1. The number of nitrogens with one attached hydrogen (secondary N) is 1. The highest BCUT2D eigenvalue weighted by molar-refractivity contribution is 7.88. The fourth-order valence-electron chi connectivity index (χ4n) is 2.41. The van der Waals surface area contributed by atoms with Crippen LogP contribution in [-0.4, -0.2) is 44.7 Å². The molecule has 1 heterocycles. The van der Waals surface area contributed by atoms with E-state index in [4.69, 9.17) is 11.5 Å². The van der Waals surface area contributed by atoms with Crippen LogP contribution >= 0.6 is 12.4 Å². The number of sulfonamides is 1. The van der Waals surface area contributed by atoms with Crippen LogP contribution in [0.25, 0.3) is 0 Å². The molecule has 2 rings (SSSR count). The summed E-state index contributed by atoms with van der Waals surface area (Å²) in [6, 6.07) is 9.56. The van der Waals surface area contributed by atoms with E-state index in [-0.39, 0.29) is 24.3 Å². The maximum atomic E-state index is 11.1. The lowest BCUT2D eigenvalue weighted by atomic mass is 10.1. The van der Waals surface area contributed by atoms with Crippen molar-refractivity contribution in [1.82, 2.24) is 9.84 Å². The van der Waals surface area contributed by atoms with Crippen molar-refractivity contribution in [2.24, 2.45) is 21.6 Å². The van der Waals surface area contributed by atoms with Crippen molar-refractivity contribution in [3.8, 4) is 0 Å². The van der Waals surface area contributed by atoms with Crippen LogP contribution in [0.4, 0.5) is 5.69 Å². The molecule has 0 bridgehead atoms. The minimum Gasteiger partial charge on any atom is -0.368 e. The Bertz CT molecular complexity index is 703. The van der Waals surface area contributed by atoms with E-state index in [1.54, 1.807) is 5.01 Å². The molecule has 0 radical (unpaired) electrons. The van der Waals surface area contributed by atoms with Gasteiger partial charge in [0.1, 0.15) is 0 Å². The largest absolute Gasteiger partial charge is 0.368 e. The van der Waals surface area contributed by atoms with Gasteiger partial charge in [0, 0.05) is 13.1 Å². The van der Waals surface area contributed by atoms with Crippen LogP contribution in [0, 0.1) is 0 Å². The fourth-order valence-corrected chi connectivity index (χ4v) is 2.67. The van der Waals surface area contributed by atoms with E-state index in [1.807, 2.05) is 35.2 Å². The van der Waals surface area contributed by atoms with Crippen molar-refractivity contribution in [1.29, 1.82) is 0 Å². The molecule has 0 aromatic heterocycles. The Kier molecular flexibility index (Phi) is 7.94. The molecule has 0 saturated carbocycles. The Labute approximate surface area is 154 Å². The Morgan fingerprint density at radius 2 is 1.76 bits per heavy atom. The molecule has 0 unspecified atom stereocenters. The number of nitrogens with zero attached hydrogens (tertiary/aromatic N) is 4. The number of hydrogen-bond donors (Lipinski definition) is 3. The van der Waals surface area contributed by atoms with Crippen LogP contribution < -0.4 is 21.3 Å². The molecule has 0 atom stereocenters. The van der Waals surface area contributed by atoms with Crippen LogP contribution in [0.2, 0.25) is 0 Å². The average Bonchev–Trinajstić information content (AvgIpc) is 2.54. The number of benzene rings is 1. The van der Waals surface area contributed by atoms with E-state index < -0.39 is 10.0 Å². The number of anilines is 1. The molecular formula is C14H24ClN7O2S. The first kappa shape index (κ1) is 21.0.